The number of rotatable bonds is 6. The van der Waals surface area contributed by atoms with Crippen molar-refractivity contribution >= 4 is 11.0 Å². The number of benzene rings is 1. The number of para-hydroxylation sites is 2. The number of unbranched alkanes of at least 4 members (excludes halogenated alkanes) is 1. The lowest BCUT2D eigenvalue weighted by Crippen LogP contribution is -2.16. The highest BCUT2D eigenvalue weighted by molar-refractivity contribution is 5.74. The van der Waals surface area contributed by atoms with Crippen molar-refractivity contribution in [3.8, 4) is 0 Å². The Hall–Kier alpha value is -2.24. The number of pyridine rings is 1. The van der Waals surface area contributed by atoms with Crippen LogP contribution in [0.4, 0.5) is 0 Å². The van der Waals surface area contributed by atoms with Gasteiger partial charge in [0, 0.05) is 11.9 Å². The van der Waals surface area contributed by atoms with Crippen LogP contribution in [0, 0.1) is 0 Å². The molecule has 2 aromatic heterocycles. The number of imidazole rings is 1. The summed E-state index contributed by atoms with van der Waals surface area (Å²) in [4.78, 5) is 12.1. The highest BCUT2D eigenvalue weighted by atomic mass is 15.0. The minimum atomic E-state index is 0.770. The van der Waals surface area contributed by atoms with Crippen LogP contribution in [0.5, 0.6) is 0 Å². The molecule has 3 aromatic rings. The molecule has 0 saturated carbocycles. The first-order chi connectivity index (χ1) is 14.3. The summed E-state index contributed by atoms with van der Waals surface area (Å²) >= 11 is 0. The Kier molecular flexibility index (Phi) is 11.0. The van der Waals surface area contributed by atoms with E-state index in [1.54, 1.807) is 0 Å². The summed E-state index contributed by atoms with van der Waals surface area (Å²) < 4.78 is 0. The van der Waals surface area contributed by atoms with Gasteiger partial charge in [0.15, 0.2) is 0 Å². The predicted molar refractivity (Wildman–Crippen MR) is 123 cm³/mol. The minimum Gasteiger partial charge on any atom is -0.341 e. The Balaban J connectivity index is 0.000000196. The number of hydrogen-bond donors (Lipinski definition) is 3. The van der Waals surface area contributed by atoms with Gasteiger partial charge < -0.3 is 16.0 Å². The third-order valence-electron chi connectivity index (χ3n) is 4.63. The molecule has 0 radical (unpaired) electrons. The second-order valence-electron chi connectivity index (χ2n) is 7.40. The highest BCUT2D eigenvalue weighted by Gasteiger charge is 2.07. The molecule has 5 heteroatoms. The van der Waals surface area contributed by atoms with Crippen LogP contribution in [0.3, 0.4) is 0 Å². The van der Waals surface area contributed by atoms with E-state index in [2.05, 4.69) is 40.2 Å². The van der Waals surface area contributed by atoms with Crippen molar-refractivity contribution in [2.24, 2.45) is 5.73 Å². The summed E-state index contributed by atoms with van der Waals surface area (Å²) in [6.07, 6.45) is 10.4. The van der Waals surface area contributed by atoms with Crippen molar-refractivity contribution in [2.75, 3.05) is 13.1 Å². The molecular weight excluding hydrogens is 358 g/mol. The first kappa shape index (κ1) is 23.0. The SMILES string of the molecule is CCC.NCCCCNCc1nc2ccccc2[nH]1.c1cnc2c(c1)CCCC2. The number of hydrogen-bond acceptors (Lipinski definition) is 4. The van der Waals surface area contributed by atoms with Gasteiger partial charge >= 0.3 is 0 Å². The van der Waals surface area contributed by atoms with E-state index in [0.717, 1.165) is 49.3 Å². The van der Waals surface area contributed by atoms with Crippen LogP contribution in [0.2, 0.25) is 0 Å². The molecule has 1 aliphatic carbocycles. The maximum Gasteiger partial charge on any atom is 0.121 e. The van der Waals surface area contributed by atoms with Gasteiger partial charge in [0.2, 0.25) is 0 Å². The maximum absolute atomic E-state index is 5.43. The molecule has 0 fully saturated rings. The van der Waals surface area contributed by atoms with Crippen LogP contribution in [0.1, 0.15) is 63.0 Å². The van der Waals surface area contributed by atoms with E-state index in [1.165, 1.54) is 43.4 Å². The van der Waals surface area contributed by atoms with E-state index in [1.807, 2.05) is 36.5 Å². The summed E-state index contributed by atoms with van der Waals surface area (Å²) in [5, 5.41) is 3.35. The first-order valence-corrected chi connectivity index (χ1v) is 11.1. The van der Waals surface area contributed by atoms with Crippen molar-refractivity contribution in [1.82, 2.24) is 20.3 Å². The van der Waals surface area contributed by atoms with Gasteiger partial charge in [-0.2, -0.15) is 0 Å². The van der Waals surface area contributed by atoms with E-state index in [4.69, 9.17) is 5.73 Å². The van der Waals surface area contributed by atoms with E-state index in [0.29, 0.717) is 0 Å². The molecule has 0 aliphatic heterocycles. The van der Waals surface area contributed by atoms with Crippen molar-refractivity contribution in [3.05, 3.63) is 59.7 Å². The molecular formula is C24H37N5. The summed E-state index contributed by atoms with van der Waals surface area (Å²) in [7, 11) is 0. The molecule has 0 spiro atoms. The molecule has 1 aromatic carbocycles. The standard InChI is InChI=1S/C12H18N4.C9H11N.C3H8/c13-7-3-4-8-14-9-12-15-10-5-1-2-6-11(10)16-12;1-2-6-9-8(4-1)5-3-7-10-9;1-3-2/h1-2,5-6,14H,3-4,7-9,13H2,(H,15,16);3,5,7H,1-2,4,6H2;3H2,1-2H3. The van der Waals surface area contributed by atoms with Crippen LogP contribution < -0.4 is 11.1 Å². The van der Waals surface area contributed by atoms with Crippen molar-refractivity contribution in [1.29, 1.82) is 0 Å². The molecule has 0 unspecified atom stereocenters. The zero-order valence-corrected chi connectivity index (χ0v) is 18.1. The smallest absolute Gasteiger partial charge is 0.121 e. The molecule has 158 valence electrons. The van der Waals surface area contributed by atoms with Gasteiger partial charge in [0.25, 0.3) is 0 Å². The lowest BCUT2D eigenvalue weighted by molar-refractivity contribution is 0.615. The highest BCUT2D eigenvalue weighted by Crippen LogP contribution is 2.17. The Morgan fingerprint density at radius 1 is 1.03 bits per heavy atom. The fraction of sp³-hybridized carbons (Fsp3) is 0.500. The van der Waals surface area contributed by atoms with Gasteiger partial charge in [-0.05, 0) is 75.4 Å². The third kappa shape index (κ3) is 8.34. The van der Waals surface area contributed by atoms with Crippen molar-refractivity contribution in [2.45, 2.75) is 65.3 Å². The molecule has 0 amide bonds. The second kappa shape index (κ2) is 13.9. The second-order valence-corrected chi connectivity index (χ2v) is 7.40. The predicted octanol–water partition coefficient (Wildman–Crippen LogP) is 4.77. The van der Waals surface area contributed by atoms with Gasteiger partial charge in [-0.1, -0.05) is 38.5 Å². The Labute approximate surface area is 175 Å². The van der Waals surface area contributed by atoms with Gasteiger partial charge in [0.1, 0.15) is 5.82 Å². The van der Waals surface area contributed by atoms with E-state index in [-0.39, 0.29) is 0 Å². The van der Waals surface area contributed by atoms with Crippen LogP contribution in [0.25, 0.3) is 11.0 Å². The van der Waals surface area contributed by atoms with E-state index >= 15 is 0 Å². The molecule has 5 nitrogen and oxygen atoms in total. The van der Waals surface area contributed by atoms with E-state index in [9.17, 15) is 0 Å². The molecule has 2 heterocycles. The first-order valence-electron chi connectivity index (χ1n) is 11.1. The molecule has 0 bridgehead atoms. The largest absolute Gasteiger partial charge is 0.341 e. The van der Waals surface area contributed by atoms with Crippen molar-refractivity contribution in [3.63, 3.8) is 0 Å². The maximum atomic E-state index is 5.43. The summed E-state index contributed by atoms with van der Waals surface area (Å²) in [5.74, 6) is 0.994. The Bertz CT molecular complexity index is 754. The number of nitrogens with one attached hydrogen (secondary N) is 2. The molecule has 1 aliphatic rings. The molecule has 29 heavy (non-hydrogen) atoms. The Morgan fingerprint density at radius 2 is 1.83 bits per heavy atom. The average Bonchev–Trinajstić information content (AvgIpc) is 3.18. The summed E-state index contributed by atoms with van der Waals surface area (Å²) in [6, 6.07) is 12.3. The summed E-state index contributed by atoms with van der Waals surface area (Å²) in [5.41, 5.74) is 10.3. The van der Waals surface area contributed by atoms with Crippen molar-refractivity contribution < 1.29 is 0 Å². The molecule has 0 saturated heterocycles. The number of H-pyrrole nitrogens is 1. The number of fused-ring (bicyclic) bond motifs is 2. The fourth-order valence-corrected chi connectivity index (χ4v) is 3.22. The monoisotopic (exact) mass is 395 g/mol. The zero-order valence-electron chi connectivity index (χ0n) is 18.1. The molecule has 4 N–H and O–H groups in total. The van der Waals surface area contributed by atoms with Crippen LogP contribution in [-0.4, -0.2) is 28.0 Å². The third-order valence-corrected chi connectivity index (χ3v) is 4.63. The van der Waals surface area contributed by atoms with Crippen LogP contribution in [0.15, 0.2) is 42.6 Å². The molecule has 0 atom stereocenters. The number of aromatic amines is 1. The minimum absolute atomic E-state index is 0.770. The quantitative estimate of drug-likeness (QED) is 0.525. The Morgan fingerprint density at radius 3 is 2.59 bits per heavy atom. The van der Waals surface area contributed by atoms with Gasteiger partial charge in [0.05, 0.1) is 17.6 Å². The van der Waals surface area contributed by atoms with Gasteiger partial charge in [-0.25, -0.2) is 4.98 Å². The van der Waals surface area contributed by atoms with Crippen LogP contribution >= 0.6 is 0 Å². The molecule has 4 rings (SSSR count). The normalized spacial score (nSPS) is 12.4. The lowest BCUT2D eigenvalue weighted by Gasteiger charge is -2.12. The number of nitrogens with two attached hydrogens (primary N) is 1. The van der Waals surface area contributed by atoms with Crippen LogP contribution in [-0.2, 0) is 19.4 Å². The lowest BCUT2D eigenvalue weighted by atomic mass is 9.96. The average molecular weight is 396 g/mol. The topological polar surface area (TPSA) is 79.6 Å². The summed E-state index contributed by atoms with van der Waals surface area (Å²) in [6.45, 7) is 6.81. The fourth-order valence-electron chi connectivity index (χ4n) is 3.22. The van der Waals surface area contributed by atoms with Gasteiger partial charge in [-0.3, -0.25) is 4.98 Å². The number of aromatic nitrogens is 3. The van der Waals surface area contributed by atoms with Gasteiger partial charge in [-0.15, -0.1) is 0 Å². The van der Waals surface area contributed by atoms with E-state index < -0.39 is 0 Å². The number of aryl methyl sites for hydroxylation is 2. The number of nitrogens with zero attached hydrogens (tertiary/aromatic N) is 2. The zero-order chi connectivity index (χ0) is 20.7.